The van der Waals surface area contributed by atoms with Crippen LogP contribution in [0.15, 0.2) is 12.2 Å². The largest absolute Gasteiger partial charge is 0.429 e. The van der Waals surface area contributed by atoms with Gasteiger partial charge in [-0.2, -0.15) is 0 Å². The van der Waals surface area contributed by atoms with E-state index in [1.165, 1.54) is 0 Å². The van der Waals surface area contributed by atoms with Gasteiger partial charge in [-0.3, -0.25) is 4.79 Å². The molecule has 2 unspecified atom stereocenters. The van der Waals surface area contributed by atoms with E-state index >= 15 is 0 Å². The summed E-state index contributed by atoms with van der Waals surface area (Å²) in [4.78, 5) is 13.2. The van der Waals surface area contributed by atoms with Crippen molar-refractivity contribution in [2.24, 2.45) is 34.0 Å². The highest BCUT2D eigenvalue weighted by Gasteiger charge is 2.89. The summed E-state index contributed by atoms with van der Waals surface area (Å²) in [5.41, 5.74) is -3.28. The normalized spacial score (nSPS) is 60.6. The van der Waals surface area contributed by atoms with Gasteiger partial charge in [-0.25, -0.2) is 0 Å². The van der Waals surface area contributed by atoms with Crippen LogP contribution in [0.5, 0.6) is 0 Å². The van der Waals surface area contributed by atoms with E-state index in [2.05, 4.69) is 6.58 Å². The molecule has 0 aromatic heterocycles. The number of aliphatic hydroxyl groups excluding tert-OH is 4. The first-order valence-corrected chi connectivity index (χ1v) is 9.85. The lowest BCUT2D eigenvalue weighted by Crippen LogP contribution is -2.87. The minimum Gasteiger partial charge on any atom is -0.429 e. The summed E-state index contributed by atoms with van der Waals surface area (Å²) in [7, 11) is 0. The average molecular weight is 380 g/mol. The maximum absolute atomic E-state index is 13.2. The molecule has 4 aliphatic carbocycles. The lowest BCUT2D eigenvalue weighted by Gasteiger charge is -2.74. The Hall–Kier alpha value is -0.990. The molecule has 2 heterocycles. The number of ether oxygens (including phenoxy) is 1. The molecule has 2 aliphatic heterocycles. The van der Waals surface area contributed by atoms with E-state index in [9.17, 15) is 30.3 Å². The predicted molar refractivity (Wildman–Crippen MR) is 91.8 cm³/mol. The van der Waals surface area contributed by atoms with Gasteiger partial charge >= 0.3 is 5.97 Å². The molecule has 7 nitrogen and oxygen atoms in total. The number of hydrogen-bond donors (Lipinski definition) is 5. The Balaban J connectivity index is 1.84. The van der Waals surface area contributed by atoms with Crippen LogP contribution in [0.25, 0.3) is 0 Å². The summed E-state index contributed by atoms with van der Waals surface area (Å²) in [6.45, 7) is 7.76. The van der Waals surface area contributed by atoms with Crippen molar-refractivity contribution in [2.75, 3.05) is 0 Å². The third-order valence-corrected chi connectivity index (χ3v) is 8.98. The Morgan fingerprint density at radius 3 is 2.41 bits per heavy atom. The lowest BCUT2D eigenvalue weighted by atomic mass is 9.35. The maximum Gasteiger partial charge on any atom is 0.318 e. The highest BCUT2D eigenvalue weighted by atomic mass is 16.7. The number of esters is 1. The molecule has 0 radical (unpaired) electrons. The fraction of sp³-hybridized carbons (Fsp3) is 0.850. The smallest absolute Gasteiger partial charge is 0.318 e. The summed E-state index contributed by atoms with van der Waals surface area (Å²) in [5, 5.41) is 56.3. The number of fused-ring (bicyclic) bond motifs is 2. The monoisotopic (exact) mass is 380 g/mol. The van der Waals surface area contributed by atoms with Crippen molar-refractivity contribution in [3.05, 3.63) is 12.2 Å². The van der Waals surface area contributed by atoms with Gasteiger partial charge in [0.2, 0.25) is 5.79 Å². The summed E-state index contributed by atoms with van der Waals surface area (Å²) < 4.78 is 5.43. The van der Waals surface area contributed by atoms with Gasteiger partial charge in [-0.15, -0.1) is 0 Å². The van der Waals surface area contributed by atoms with Gasteiger partial charge in [0.05, 0.1) is 23.7 Å². The average Bonchev–Trinajstić information content (AvgIpc) is 2.70. The number of carbonyl (C=O) groups is 1. The van der Waals surface area contributed by atoms with Crippen LogP contribution in [0.1, 0.15) is 39.5 Å². The van der Waals surface area contributed by atoms with Crippen LogP contribution in [-0.4, -0.2) is 61.7 Å². The van der Waals surface area contributed by atoms with Gasteiger partial charge in [0, 0.05) is 11.8 Å². The van der Waals surface area contributed by atoms with Crippen LogP contribution in [0.2, 0.25) is 0 Å². The summed E-state index contributed by atoms with van der Waals surface area (Å²) in [6.07, 6.45) is -3.25. The summed E-state index contributed by atoms with van der Waals surface area (Å²) >= 11 is 0. The first-order chi connectivity index (χ1) is 12.5. The van der Waals surface area contributed by atoms with E-state index in [0.29, 0.717) is 31.3 Å². The molecule has 7 heteroatoms. The topological polar surface area (TPSA) is 127 Å². The maximum atomic E-state index is 13.2. The van der Waals surface area contributed by atoms with Crippen LogP contribution in [0, 0.1) is 34.0 Å². The Morgan fingerprint density at radius 1 is 1.07 bits per heavy atom. The Bertz CT molecular complexity index is 749. The Labute approximate surface area is 157 Å². The second kappa shape index (κ2) is 4.76. The number of hydrogen-bond acceptors (Lipinski definition) is 7. The zero-order chi connectivity index (χ0) is 19.7. The predicted octanol–water partition coefficient (Wildman–Crippen LogP) is -0.306. The van der Waals surface area contributed by atoms with Gasteiger partial charge in [-0.1, -0.05) is 20.4 Å². The van der Waals surface area contributed by atoms with Gasteiger partial charge in [0.1, 0.15) is 11.5 Å². The van der Waals surface area contributed by atoms with Crippen molar-refractivity contribution in [2.45, 2.75) is 69.7 Å². The summed E-state index contributed by atoms with van der Waals surface area (Å²) in [5.74, 6) is -5.03. The second-order valence-electron chi connectivity index (χ2n) is 10.1. The molecule has 4 bridgehead atoms. The summed E-state index contributed by atoms with van der Waals surface area (Å²) in [6, 6.07) is 0. The molecule has 5 N–H and O–H groups in total. The molecule has 2 spiro atoms. The third kappa shape index (κ3) is 1.50. The van der Waals surface area contributed by atoms with E-state index < -0.39 is 70.2 Å². The van der Waals surface area contributed by atoms with Gasteiger partial charge in [0.15, 0.2) is 0 Å². The molecular weight excluding hydrogens is 352 g/mol. The van der Waals surface area contributed by atoms with Crippen LogP contribution < -0.4 is 0 Å². The first kappa shape index (κ1) is 18.1. The van der Waals surface area contributed by atoms with Crippen molar-refractivity contribution in [1.29, 1.82) is 0 Å². The van der Waals surface area contributed by atoms with Crippen LogP contribution in [0.3, 0.4) is 0 Å². The van der Waals surface area contributed by atoms with Gasteiger partial charge in [0.25, 0.3) is 0 Å². The number of carbonyl (C=O) groups excluding carboxylic acids is 1. The van der Waals surface area contributed by atoms with E-state index in [-0.39, 0.29) is 0 Å². The molecule has 10 atom stereocenters. The van der Waals surface area contributed by atoms with E-state index in [1.54, 1.807) is 0 Å². The molecule has 6 aliphatic rings. The molecule has 2 saturated heterocycles. The van der Waals surface area contributed by atoms with E-state index in [4.69, 9.17) is 4.74 Å². The highest BCUT2D eigenvalue weighted by molar-refractivity contribution is 5.83. The second-order valence-corrected chi connectivity index (χ2v) is 10.1. The van der Waals surface area contributed by atoms with Crippen LogP contribution in [-0.2, 0) is 9.53 Å². The van der Waals surface area contributed by atoms with Gasteiger partial charge < -0.3 is 30.3 Å². The first-order valence-electron chi connectivity index (χ1n) is 9.85. The van der Waals surface area contributed by atoms with Crippen LogP contribution in [0.4, 0.5) is 0 Å². The molecule has 0 aromatic carbocycles. The molecule has 4 saturated carbocycles. The molecular formula is C20H28O7. The Morgan fingerprint density at radius 2 is 1.74 bits per heavy atom. The fourth-order valence-corrected chi connectivity index (χ4v) is 7.98. The molecule has 150 valence electrons. The molecule has 6 rings (SSSR count). The van der Waals surface area contributed by atoms with Gasteiger partial charge in [-0.05, 0) is 42.6 Å². The quantitative estimate of drug-likeness (QED) is 0.288. The van der Waals surface area contributed by atoms with Crippen molar-refractivity contribution < 1.29 is 35.1 Å². The van der Waals surface area contributed by atoms with E-state index in [0.717, 1.165) is 0 Å². The number of aliphatic hydroxyl groups is 5. The highest BCUT2D eigenvalue weighted by Crippen LogP contribution is 2.77. The Kier molecular flexibility index (Phi) is 3.19. The van der Waals surface area contributed by atoms with Crippen molar-refractivity contribution >= 4 is 5.97 Å². The standard InChI is InChI=1S/C20H28O7/c1-8-9-4-5-10-18-11(21)6-7-17(2,3)12(18)15(24)20(26,27-16(18)25)19(10,13(8)22)14(9)23/h9-15,21-24,26H,1,4-7H2,2-3H3/t9-,10?,11-,12?,13+,14+,15-,18-,19-,20-/m0/s1. The molecule has 0 aromatic rings. The van der Waals surface area contributed by atoms with Crippen molar-refractivity contribution in [1.82, 2.24) is 0 Å². The third-order valence-electron chi connectivity index (χ3n) is 8.98. The lowest BCUT2D eigenvalue weighted by molar-refractivity contribution is -0.442. The van der Waals surface area contributed by atoms with Crippen molar-refractivity contribution in [3.63, 3.8) is 0 Å². The zero-order valence-corrected chi connectivity index (χ0v) is 15.6. The minimum absolute atomic E-state index is 0.354. The van der Waals surface area contributed by atoms with E-state index in [1.807, 2.05) is 13.8 Å². The molecule has 0 amide bonds. The molecule has 6 fully saturated rings. The van der Waals surface area contributed by atoms with Crippen molar-refractivity contribution in [3.8, 4) is 0 Å². The zero-order valence-electron chi connectivity index (χ0n) is 15.6. The SMILES string of the molecule is C=C1[C@@H](O)[C@@]23C(CC[C@@H]1[C@H]2O)[C@@]12C(=O)O[C@@]3(O)[C@@H](O)C1C(C)(C)CC[C@@H]2O. The number of rotatable bonds is 0. The molecule has 27 heavy (non-hydrogen) atoms. The minimum atomic E-state index is -2.42. The van der Waals surface area contributed by atoms with Crippen LogP contribution >= 0.6 is 0 Å². The fourth-order valence-electron chi connectivity index (χ4n) is 7.98.